The van der Waals surface area contributed by atoms with E-state index in [-0.39, 0.29) is 0 Å². The number of rotatable bonds is 2. The van der Waals surface area contributed by atoms with Crippen LogP contribution in [0.3, 0.4) is 0 Å². The Kier molecular flexibility index (Phi) is 2.37. The van der Waals surface area contributed by atoms with Crippen molar-refractivity contribution in [3.63, 3.8) is 0 Å². The maximum Gasteiger partial charge on any atom is 0.121 e. The predicted molar refractivity (Wildman–Crippen MR) is 76.1 cm³/mol. The van der Waals surface area contributed by atoms with Gasteiger partial charge in [0.05, 0.1) is 5.52 Å². The van der Waals surface area contributed by atoms with E-state index < -0.39 is 0 Å². The maximum atomic E-state index is 9.95. The summed E-state index contributed by atoms with van der Waals surface area (Å²) in [6.45, 7) is 5.83. The van der Waals surface area contributed by atoms with Crippen molar-refractivity contribution < 1.29 is 5.11 Å². The third-order valence-corrected chi connectivity index (χ3v) is 3.36. The van der Waals surface area contributed by atoms with E-state index in [4.69, 9.17) is 0 Å². The molecule has 1 heterocycles. The molecule has 2 aromatic carbocycles. The average Bonchev–Trinajstić information content (AvgIpc) is 2.71. The van der Waals surface area contributed by atoms with Crippen LogP contribution in [0.1, 0.15) is 11.1 Å². The lowest BCUT2D eigenvalue weighted by Crippen LogP contribution is -1.84. The van der Waals surface area contributed by atoms with Gasteiger partial charge in [0.2, 0.25) is 0 Å². The van der Waals surface area contributed by atoms with Crippen LogP contribution in [0, 0.1) is 6.92 Å². The molecule has 0 aliphatic heterocycles. The Morgan fingerprint density at radius 3 is 2.83 bits per heavy atom. The van der Waals surface area contributed by atoms with E-state index in [1.165, 1.54) is 10.9 Å². The lowest BCUT2D eigenvalue weighted by atomic mass is 10.0. The molecule has 2 N–H and O–H groups in total. The summed E-state index contributed by atoms with van der Waals surface area (Å²) < 4.78 is 0. The molecule has 3 rings (SSSR count). The molecule has 0 aliphatic rings. The predicted octanol–water partition coefficient (Wildman–Crippen LogP) is 4.06. The summed E-state index contributed by atoms with van der Waals surface area (Å²) in [7, 11) is 0. The molecule has 0 bridgehead atoms. The van der Waals surface area contributed by atoms with Crippen molar-refractivity contribution in [3.05, 3.63) is 54.1 Å². The number of aromatic hydroxyl groups is 1. The number of aromatic nitrogens is 1. The Morgan fingerprint density at radius 1 is 1.22 bits per heavy atom. The second-order valence-corrected chi connectivity index (χ2v) is 4.65. The molecule has 1 aromatic heterocycles. The quantitative estimate of drug-likeness (QED) is 0.648. The van der Waals surface area contributed by atoms with Gasteiger partial charge in [-0.15, -0.1) is 6.58 Å². The van der Waals surface area contributed by atoms with E-state index in [1.54, 1.807) is 6.07 Å². The second-order valence-electron chi connectivity index (χ2n) is 4.65. The maximum absolute atomic E-state index is 9.95. The van der Waals surface area contributed by atoms with Crippen LogP contribution in [-0.4, -0.2) is 10.1 Å². The molecular formula is C16H15NO. The van der Waals surface area contributed by atoms with Crippen molar-refractivity contribution >= 4 is 21.8 Å². The first-order chi connectivity index (χ1) is 8.70. The van der Waals surface area contributed by atoms with Crippen molar-refractivity contribution in [1.29, 1.82) is 0 Å². The van der Waals surface area contributed by atoms with Crippen LogP contribution < -0.4 is 0 Å². The van der Waals surface area contributed by atoms with Gasteiger partial charge < -0.3 is 10.1 Å². The van der Waals surface area contributed by atoms with Crippen LogP contribution >= 0.6 is 0 Å². The van der Waals surface area contributed by atoms with E-state index in [0.717, 1.165) is 22.0 Å². The second kappa shape index (κ2) is 3.91. The van der Waals surface area contributed by atoms with Crippen molar-refractivity contribution in [3.8, 4) is 5.75 Å². The van der Waals surface area contributed by atoms with Crippen molar-refractivity contribution in [2.45, 2.75) is 13.3 Å². The van der Waals surface area contributed by atoms with Gasteiger partial charge in [-0.2, -0.15) is 0 Å². The number of nitrogens with one attached hydrogen (secondary N) is 1. The van der Waals surface area contributed by atoms with Crippen LogP contribution in [0.5, 0.6) is 5.75 Å². The molecule has 0 unspecified atom stereocenters. The number of benzene rings is 2. The summed E-state index contributed by atoms with van der Waals surface area (Å²) in [5.74, 6) is 0.325. The fourth-order valence-electron chi connectivity index (χ4n) is 2.48. The van der Waals surface area contributed by atoms with Gasteiger partial charge in [-0.25, -0.2) is 0 Å². The minimum atomic E-state index is 0.325. The normalized spacial score (nSPS) is 11.2. The highest BCUT2D eigenvalue weighted by molar-refractivity contribution is 6.09. The molecule has 90 valence electrons. The van der Waals surface area contributed by atoms with Gasteiger partial charge in [0.1, 0.15) is 5.75 Å². The number of phenols is 1. The van der Waals surface area contributed by atoms with Gasteiger partial charge >= 0.3 is 0 Å². The monoisotopic (exact) mass is 237 g/mol. The Bertz CT molecular complexity index is 752. The minimum absolute atomic E-state index is 0.325. The van der Waals surface area contributed by atoms with Gasteiger partial charge in [-0.05, 0) is 37.6 Å². The van der Waals surface area contributed by atoms with Gasteiger partial charge in [-0.3, -0.25) is 0 Å². The molecule has 3 aromatic rings. The zero-order valence-electron chi connectivity index (χ0n) is 10.3. The smallest absolute Gasteiger partial charge is 0.121 e. The standard InChI is InChI=1S/C16H15NO/c1-3-4-12-15(18)8-6-11-13-9-10(2)5-7-14(13)17-16(11)12/h3,5-9,17-18H,1,4H2,2H3. The van der Waals surface area contributed by atoms with Crippen LogP contribution in [-0.2, 0) is 6.42 Å². The zero-order valence-corrected chi connectivity index (χ0v) is 10.3. The molecular weight excluding hydrogens is 222 g/mol. The van der Waals surface area contributed by atoms with Crippen LogP contribution in [0.15, 0.2) is 43.0 Å². The largest absolute Gasteiger partial charge is 0.508 e. The van der Waals surface area contributed by atoms with Crippen molar-refractivity contribution in [1.82, 2.24) is 4.98 Å². The molecule has 0 radical (unpaired) electrons. The first-order valence-electron chi connectivity index (χ1n) is 6.04. The van der Waals surface area contributed by atoms with Crippen LogP contribution in [0.2, 0.25) is 0 Å². The molecule has 18 heavy (non-hydrogen) atoms. The minimum Gasteiger partial charge on any atom is -0.508 e. The molecule has 0 aliphatic carbocycles. The topological polar surface area (TPSA) is 36.0 Å². The van der Waals surface area contributed by atoms with Gasteiger partial charge in [-0.1, -0.05) is 17.7 Å². The van der Waals surface area contributed by atoms with Gasteiger partial charge in [0.25, 0.3) is 0 Å². The third-order valence-electron chi connectivity index (χ3n) is 3.36. The molecule has 0 saturated heterocycles. The van der Waals surface area contributed by atoms with Crippen molar-refractivity contribution in [2.75, 3.05) is 0 Å². The highest BCUT2D eigenvalue weighted by Gasteiger charge is 2.10. The summed E-state index contributed by atoms with van der Waals surface area (Å²) in [4.78, 5) is 3.39. The third kappa shape index (κ3) is 1.50. The summed E-state index contributed by atoms with van der Waals surface area (Å²) in [5.41, 5.74) is 4.26. The average molecular weight is 237 g/mol. The van der Waals surface area contributed by atoms with Crippen LogP contribution in [0.25, 0.3) is 21.8 Å². The summed E-state index contributed by atoms with van der Waals surface area (Å²) >= 11 is 0. The Morgan fingerprint density at radius 2 is 2.06 bits per heavy atom. The van der Waals surface area contributed by atoms with Gasteiger partial charge in [0, 0.05) is 21.9 Å². The molecule has 0 amide bonds. The van der Waals surface area contributed by atoms with Crippen molar-refractivity contribution in [2.24, 2.45) is 0 Å². The number of hydrogen-bond donors (Lipinski definition) is 2. The van der Waals surface area contributed by atoms with E-state index in [2.05, 4.69) is 36.7 Å². The van der Waals surface area contributed by atoms with Gasteiger partial charge in [0.15, 0.2) is 0 Å². The molecule has 0 atom stereocenters. The number of aryl methyl sites for hydroxylation is 1. The highest BCUT2D eigenvalue weighted by Crippen LogP contribution is 2.33. The first-order valence-corrected chi connectivity index (χ1v) is 6.04. The number of aromatic amines is 1. The number of hydrogen-bond acceptors (Lipinski definition) is 1. The Hall–Kier alpha value is -2.22. The number of fused-ring (bicyclic) bond motifs is 3. The number of phenolic OH excluding ortho intramolecular Hbond substituents is 1. The summed E-state index contributed by atoms with van der Waals surface area (Å²) in [6, 6.07) is 10.1. The molecule has 0 saturated carbocycles. The highest BCUT2D eigenvalue weighted by atomic mass is 16.3. The fraction of sp³-hybridized carbons (Fsp3) is 0.125. The van der Waals surface area contributed by atoms with E-state index in [0.29, 0.717) is 12.2 Å². The summed E-state index contributed by atoms with van der Waals surface area (Å²) in [6.07, 6.45) is 2.47. The molecule has 2 nitrogen and oxygen atoms in total. The van der Waals surface area contributed by atoms with E-state index in [9.17, 15) is 5.11 Å². The number of H-pyrrole nitrogens is 1. The fourth-order valence-corrected chi connectivity index (χ4v) is 2.48. The number of allylic oxidation sites excluding steroid dienone is 1. The molecule has 0 fully saturated rings. The molecule has 0 spiro atoms. The lowest BCUT2D eigenvalue weighted by molar-refractivity contribution is 0.471. The lowest BCUT2D eigenvalue weighted by Gasteiger charge is -2.03. The van der Waals surface area contributed by atoms with Crippen LogP contribution in [0.4, 0.5) is 0 Å². The molecule has 2 heteroatoms. The Labute approximate surface area is 106 Å². The Balaban J connectivity index is 2.45. The zero-order chi connectivity index (χ0) is 12.7. The summed E-state index contributed by atoms with van der Waals surface area (Å²) in [5, 5.41) is 12.3. The van der Waals surface area contributed by atoms with E-state index >= 15 is 0 Å². The first kappa shape index (κ1) is 10.9. The SMILES string of the molecule is C=CCc1c(O)ccc2c1[nH]c1ccc(C)cc12. The van der Waals surface area contributed by atoms with E-state index in [1.807, 2.05) is 12.1 Å².